The van der Waals surface area contributed by atoms with Gasteiger partial charge in [-0.2, -0.15) is 0 Å². The molecule has 4 heteroatoms. The smallest absolute Gasteiger partial charge is 0.122 e. The number of halogens is 2. The standard InChI is InChI=1S/C15H16BrClOS/c1-18-14-5-3-2-4-12(14)8-11(10-17)9-15-13(16)6-7-19-15/h2-7,11H,8-10H2,1H3. The van der Waals surface area contributed by atoms with Gasteiger partial charge in [0.05, 0.1) is 7.11 Å². The molecule has 0 aliphatic heterocycles. The minimum absolute atomic E-state index is 0.424. The highest BCUT2D eigenvalue weighted by Crippen LogP contribution is 2.29. The molecule has 19 heavy (non-hydrogen) atoms. The minimum atomic E-state index is 0.424. The van der Waals surface area contributed by atoms with Gasteiger partial charge >= 0.3 is 0 Å². The first-order chi connectivity index (χ1) is 9.24. The largest absolute Gasteiger partial charge is 0.496 e. The zero-order chi connectivity index (χ0) is 13.7. The molecule has 1 aromatic heterocycles. The molecule has 0 aliphatic rings. The molecule has 0 aliphatic carbocycles. The average Bonchev–Trinajstić information content (AvgIpc) is 2.84. The van der Waals surface area contributed by atoms with Crippen LogP contribution >= 0.6 is 38.9 Å². The van der Waals surface area contributed by atoms with Crippen LogP contribution in [0.15, 0.2) is 40.2 Å². The molecule has 0 saturated heterocycles. The van der Waals surface area contributed by atoms with E-state index in [0.717, 1.165) is 18.6 Å². The highest BCUT2D eigenvalue weighted by atomic mass is 79.9. The Morgan fingerprint density at radius 2 is 2.05 bits per heavy atom. The van der Waals surface area contributed by atoms with Gasteiger partial charge in [0.2, 0.25) is 0 Å². The van der Waals surface area contributed by atoms with Crippen molar-refractivity contribution in [2.24, 2.45) is 5.92 Å². The van der Waals surface area contributed by atoms with Crippen molar-refractivity contribution in [2.45, 2.75) is 12.8 Å². The van der Waals surface area contributed by atoms with Crippen LogP contribution in [0, 0.1) is 5.92 Å². The summed E-state index contributed by atoms with van der Waals surface area (Å²) >= 11 is 11.5. The molecule has 1 heterocycles. The minimum Gasteiger partial charge on any atom is -0.496 e. The van der Waals surface area contributed by atoms with Gasteiger partial charge in [0.15, 0.2) is 0 Å². The molecule has 2 aromatic rings. The Labute approximate surface area is 131 Å². The van der Waals surface area contributed by atoms with E-state index >= 15 is 0 Å². The highest BCUT2D eigenvalue weighted by Gasteiger charge is 2.14. The van der Waals surface area contributed by atoms with Crippen LogP contribution in [0.5, 0.6) is 5.75 Å². The molecule has 0 spiro atoms. The van der Waals surface area contributed by atoms with Crippen molar-refractivity contribution in [1.82, 2.24) is 0 Å². The summed E-state index contributed by atoms with van der Waals surface area (Å²) in [6.07, 6.45) is 1.94. The quantitative estimate of drug-likeness (QED) is 0.647. The van der Waals surface area contributed by atoms with Gasteiger partial charge in [-0.3, -0.25) is 0 Å². The lowest BCUT2D eigenvalue weighted by Crippen LogP contribution is -2.10. The van der Waals surface area contributed by atoms with Crippen LogP contribution in [0.2, 0.25) is 0 Å². The number of hydrogen-bond acceptors (Lipinski definition) is 2. The maximum absolute atomic E-state index is 6.13. The second kappa shape index (κ2) is 7.32. The SMILES string of the molecule is COc1ccccc1CC(CCl)Cc1sccc1Br. The van der Waals surface area contributed by atoms with Crippen LogP contribution < -0.4 is 4.74 Å². The number of para-hydroxylation sites is 1. The van der Waals surface area contributed by atoms with E-state index in [1.54, 1.807) is 18.4 Å². The third kappa shape index (κ3) is 3.98. The van der Waals surface area contributed by atoms with Crippen LogP contribution in [-0.4, -0.2) is 13.0 Å². The molecule has 102 valence electrons. The first kappa shape index (κ1) is 14.9. The van der Waals surface area contributed by atoms with Crippen molar-refractivity contribution in [3.63, 3.8) is 0 Å². The maximum Gasteiger partial charge on any atom is 0.122 e. The van der Waals surface area contributed by atoms with Gasteiger partial charge in [0.1, 0.15) is 5.75 Å². The van der Waals surface area contributed by atoms with Crippen molar-refractivity contribution < 1.29 is 4.74 Å². The molecular formula is C15H16BrClOS. The van der Waals surface area contributed by atoms with Crippen molar-refractivity contribution in [1.29, 1.82) is 0 Å². The fourth-order valence-electron chi connectivity index (χ4n) is 2.10. The summed E-state index contributed by atoms with van der Waals surface area (Å²) in [6, 6.07) is 10.2. The van der Waals surface area contributed by atoms with E-state index in [1.807, 2.05) is 18.2 Å². The van der Waals surface area contributed by atoms with E-state index in [-0.39, 0.29) is 0 Å². The van der Waals surface area contributed by atoms with E-state index < -0.39 is 0 Å². The Morgan fingerprint density at radius 3 is 2.68 bits per heavy atom. The van der Waals surface area contributed by atoms with Gasteiger partial charge in [-0.15, -0.1) is 22.9 Å². The summed E-state index contributed by atoms with van der Waals surface area (Å²) in [5.41, 5.74) is 1.23. The second-order valence-corrected chi connectivity index (χ2v) is 6.60. The van der Waals surface area contributed by atoms with Gasteiger partial charge in [-0.05, 0) is 57.8 Å². The molecule has 0 radical (unpaired) electrons. The van der Waals surface area contributed by atoms with Crippen LogP contribution in [0.3, 0.4) is 0 Å². The first-order valence-corrected chi connectivity index (χ1v) is 8.35. The maximum atomic E-state index is 6.13. The number of hydrogen-bond donors (Lipinski definition) is 0. The van der Waals surface area contributed by atoms with E-state index in [2.05, 4.69) is 33.4 Å². The van der Waals surface area contributed by atoms with Crippen LogP contribution in [0.1, 0.15) is 10.4 Å². The van der Waals surface area contributed by atoms with E-state index in [0.29, 0.717) is 11.8 Å². The number of benzene rings is 1. The van der Waals surface area contributed by atoms with E-state index in [1.165, 1.54) is 14.9 Å². The van der Waals surface area contributed by atoms with Gasteiger partial charge in [0.25, 0.3) is 0 Å². The lowest BCUT2D eigenvalue weighted by atomic mass is 9.96. The van der Waals surface area contributed by atoms with E-state index in [4.69, 9.17) is 16.3 Å². The lowest BCUT2D eigenvalue weighted by molar-refractivity contribution is 0.405. The van der Waals surface area contributed by atoms with Crippen molar-refractivity contribution in [2.75, 3.05) is 13.0 Å². The van der Waals surface area contributed by atoms with Gasteiger partial charge < -0.3 is 4.74 Å². The Bertz CT molecular complexity index is 526. The molecule has 0 saturated carbocycles. The summed E-state index contributed by atoms with van der Waals surface area (Å²) in [5, 5.41) is 2.10. The van der Waals surface area contributed by atoms with Gasteiger partial charge in [-0.25, -0.2) is 0 Å². The zero-order valence-electron chi connectivity index (χ0n) is 10.7. The molecule has 1 aromatic carbocycles. The fourth-order valence-corrected chi connectivity index (χ4v) is 3.95. The molecule has 1 nitrogen and oxygen atoms in total. The predicted octanol–water partition coefficient (Wildman–Crippen LogP) is 5.16. The van der Waals surface area contributed by atoms with Crippen LogP contribution in [-0.2, 0) is 12.8 Å². The molecule has 2 rings (SSSR count). The molecule has 0 amide bonds. The highest BCUT2D eigenvalue weighted by molar-refractivity contribution is 9.10. The molecule has 0 N–H and O–H groups in total. The monoisotopic (exact) mass is 358 g/mol. The number of rotatable bonds is 6. The first-order valence-electron chi connectivity index (χ1n) is 6.14. The number of ether oxygens (including phenoxy) is 1. The summed E-state index contributed by atoms with van der Waals surface area (Å²) in [5.74, 6) is 2.03. The predicted molar refractivity (Wildman–Crippen MR) is 86.6 cm³/mol. The molecule has 1 unspecified atom stereocenters. The van der Waals surface area contributed by atoms with Crippen molar-refractivity contribution in [3.8, 4) is 5.75 Å². The average molecular weight is 360 g/mol. The third-order valence-electron chi connectivity index (χ3n) is 3.08. The van der Waals surface area contributed by atoms with Crippen molar-refractivity contribution in [3.05, 3.63) is 50.6 Å². The molecule has 0 fully saturated rings. The van der Waals surface area contributed by atoms with Crippen LogP contribution in [0.4, 0.5) is 0 Å². The van der Waals surface area contributed by atoms with E-state index in [9.17, 15) is 0 Å². The Hall–Kier alpha value is -0.510. The Balaban J connectivity index is 2.09. The second-order valence-electron chi connectivity index (χ2n) is 4.43. The molecule has 1 atom stereocenters. The number of methoxy groups -OCH3 is 1. The van der Waals surface area contributed by atoms with Gasteiger partial charge in [-0.1, -0.05) is 18.2 Å². The zero-order valence-corrected chi connectivity index (χ0v) is 13.9. The molecule has 0 bridgehead atoms. The number of thiophene rings is 1. The van der Waals surface area contributed by atoms with Crippen molar-refractivity contribution >= 4 is 38.9 Å². The lowest BCUT2D eigenvalue weighted by Gasteiger charge is -2.15. The fraction of sp³-hybridized carbons (Fsp3) is 0.333. The Kier molecular flexibility index (Phi) is 5.74. The summed E-state index contributed by atoms with van der Waals surface area (Å²) < 4.78 is 6.59. The third-order valence-corrected chi connectivity index (χ3v) is 5.47. The van der Waals surface area contributed by atoms with Crippen LogP contribution in [0.25, 0.3) is 0 Å². The molecular weight excluding hydrogens is 344 g/mol. The normalized spacial score (nSPS) is 12.4. The summed E-state index contributed by atoms with van der Waals surface area (Å²) in [7, 11) is 1.71. The number of alkyl halides is 1. The topological polar surface area (TPSA) is 9.23 Å². The summed E-state index contributed by atoms with van der Waals surface area (Å²) in [4.78, 5) is 1.36. The summed E-state index contributed by atoms with van der Waals surface area (Å²) in [6.45, 7) is 0. The Morgan fingerprint density at radius 1 is 1.26 bits per heavy atom. The van der Waals surface area contributed by atoms with Gasteiger partial charge in [0, 0.05) is 15.2 Å².